The predicted molar refractivity (Wildman–Crippen MR) is 151 cm³/mol. The molecule has 6 rings (SSSR count). The number of benzene rings is 2. The summed E-state index contributed by atoms with van der Waals surface area (Å²) in [6.45, 7) is 0.460. The first-order valence-corrected chi connectivity index (χ1v) is 13.9. The number of halogens is 3. The third kappa shape index (κ3) is 5.78. The Labute approximate surface area is 235 Å². The van der Waals surface area contributed by atoms with Crippen LogP contribution in [0.4, 0.5) is 21.5 Å². The van der Waals surface area contributed by atoms with Gasteiger partial charge in [0.25, 0.3) is 0 Å². The Kier molecular flexibility index (Phi) is 7.26. The number of fused-ring (bicyclic) bond motifs is 1. The number of pyridine rings is 1. The second kappa shape index (κ2) is 11.0. The summed E-state index contributed by atoms with van der Waals surface area (Å²) in [6.07, 6.45) is 10.6. The maximum absolute atomic E-state index is 13.7. The molecule has 2 aliphatic carbocycles. The first-order chi connectivity index (χ1) is 19.0. The van der Waals surface area contributed by atoms with Crippen LogP contribution in [-0.2, 0) is 6.54 Å². The SMILES string of the molecule is N#Cc1cnc2c(Cl)cc(NCc3cn(C4CCC(NC5CC5)CC4)nn3)cc2c1Nc1ccc(F)c(Cl)c1. The topological polar surface area (TPSA) is 103 Å². The van der Waals surface area contributed by atoms with Crippen LogP contribution in [0.15, 0.2) is 42.7 Å². The van der Waals surface area contributed by atoms with Gasteiger partial charge in [-0.1, -0.05) is 28.4 Å². The van der Waals surface area contributed by atoms with Crippen LogP contribution in [0.1, 0.15) is 55.8 Å². The van der Waals surface area contributed by atoms with Crippen LogP contribution in [0.5, 0.6) is 0 Å². The number of rotatable bonds is 8. The van der Waals surface area contributed by atoms with E-state index in [1.54, 1.807) is 12.1 Å². The molecule has 2 heterocycles. The van der Waals surface area contributed by atoms with Crippen molar-refractivity contribution < 1.29 is 4.39 Å². The monoisotopic (exact) mass is 564 g/mol. The van der Waals surface area contributed by atoms with Crippen LogP contribution in [-0.4, -0.2) is 32.1 Å². The Bertz CT molecular complexity index is 1550. The molecule has 2 aliphatic rings. The van der Waals surface area contributed by atoms with E-state index in [0.717, 1.165) is 30.3 Å². The molecule has 0 amide bonds. The van der Waals surface area contributed by atoms with E-state index in [2.05, 4.69) is 37.3 Å². The highest BCUT2D eigenvalue weighted by Gasteiger charge is 2.28. The highest BCUT2D eigenvalue weighted by atomic mass is 35.5. The van der Waals surface area contributed by atoms with Crippen LogP contribution < -0.4 is 16.0 Å². The number of hydrogen-bond acceptors (Lipinski definition) is 7. The van der Waals surface area contributed by atoms with Crippen molar-refractivity contribution in [3.8, 4) is 6.07 Å². The number of nitrogens with zero attached hydrogens (tertiary/aromatic N) is 5. The van der Waals surface area contributed by atoms with Gasteiger partial charge in [-0.2, -0.15) is 5.26 Å². The van der Waals surface area contributed by atoms with Crippen LogP contribution in [0, 0.1) is 17.1 Å². The van der Waals surface area contributed by atoms with Gasteiger partial charge >= 0.3 is 0 Å². The average molecular weight is 565 g/mol. The molecule has 3 N–H and O–H groups in total. The highest BCUT2D eigenvalue weighted by molar-refractivity contribution is 6.36. The van der Waals surface area contributed by atoms with E-state index in [1.807, 2.05) is 16.9 Å². The van der Waals surface area contributed by atoms with E-state index in [9.17, 15) is 9.65 Å². The molecule has 39 heavy (non-hydrogen) atoms. The maximum Gasteiger partial charge on any atom is 0.141 e. The third-order valence-corrected chi connectivity index (χ3v) is 7.96. The molecular formula is C28H27Cl2FN8. The van der Waals surface area contributed by atoms with E-state index in [-0.39, 0.29) is 5.02 Å². The quantitative estimate of drug-likeness (QED) is 0.218. The maximum atomic E-state index is 13.7. The Morgan fingerprint density at radius 1 is 1.00 bits per heavy atom. The minimum absolute atomic E-state index is 0.0201. The summed E-state index contributed by atoms with van der Waals surface area (Å²) in [7, 11) is 0. The smallest absolute Gasteiger partial charge is 0.141 e. The van der Waals surface area contributed by atoms with Crippen LogP contribution in [0.3, 0.4) is 0 Å². The van der Waals surface area contributed by atoms with Crippen molar-refractivity contribution in [3.05, 3.63) is 69.8 Å². The van der Waals surface area contributed by atoms with Gasteiger partial charge in [0.15, 0.2) is 0 Å². The molecule has 2 aromatic heterocycles. The lowest BCUT2D eigenvalue weighted by Crippen LogP contribution is -2.35. The molecule has 11 heteroatoms. The highest BCUT2D eigenvalue weighted by Crippen LogP contribution is 2.36. The van der Waals surface area contributed by atoms with Gasteiger partial charge in [-0.15, -0.1) is 5.10 Å². The van der Waals surface area contributed by atoms with Crippen molar-refractivity contribution in [1.82, 2.24) is 25.3 Å². The summed E-state index contributed by atoms with van der Waals surface area (Å²) in [6, 6.07) is 11.9. The molecule has 2 fully saturated rings. The van der Waals surface area contributed by atoms with Crippen LogP contribution in [0.25, 0.3) is 10.9 Å². The van der Waals surface area contributed by atoms with Crippen molar-refractivity contribution in [3.63, 3.8) is 0 Å². The standard InChI is InChI=1S/C28H27Cl2FN8/c29-24-10-19(5-8-26(24)31)36-27-16(12-32)13-34-28-23(27)9-20(11-25(28)30)33-14-21-15-39(38-37-21)22-6-3-18(4-7-22)35-17-1-2-17/h5,8-11,13,15,17-18,22,33,35H,1-4,6-7,14H2,(H,34,36). The molecular weight excluding hydrogens is 538 g/mol. The largest absolute Gasteiger partial charge is 0.379 e. The van der Waals surface area contributed by atoms with Crippen molar-refractivity contribution in [1.29, 1.82) is 5.26 Å². The van der Waals surface area contributed by atoms with Gasteiger partial charge in [-0.05, 0) is 68.9 Å². The molecule has 0 saturated heterocycles. The van der Waals surface area contributed by atoms with Gasteiger partial charge in [0.2, 0.25) is 0 Å². The fraction of sp³-hybridized carbons (Fsp3) is 0.357. The normalized spacial score (nSPS) is 19.1. The molecule has 2 aromatic carbocycles. The molecule has 0 bridgehead atoms. The fourth-order valence-corrected chi connectivity index (χ4v) is 5.60. The van der Waals surface area contributed by atoms with Gasteiger partial charge < -0.3 is 16.0 Å². The van der Waals surface area contributed by atoms with E-state index < -0.39 is 5.82 Å². The molecule has 2 saturated carbocycles. The summed E-state index contributed by atoms with van der Waals surface area (Å²) in [5, 5.41) is 29.9. The van der Waals surface area contributed by atoms with Crippen LogP contribution >= 0.6 is 23.2 Å². The molecule has 0 unspecified atom stereocenters. The van der Waals surface area contributed by atoms with E-state index in [1.165, 1.54) is 44.0 Å². The molecule has 4 aromatic rings. The Morgan fingerprint density at radius 3 is 2.46 bits per heavy atom. The van der Waals surface area contributed by atoms with Crippen molar-refractivity contribution in [2.24, 2.45) is 0 Å². The number of hydrogen-bond donors (Lipinski definition) is 3. The number of anilines is 3. The predicted octanol–water partition coefficient (Wildman–Crippen LogP) is 6.74. The zero-order valence-electron chi connectivity index (χ0n) is 21.1. The summed E-state index contributed by atoms with van der Waals surface area (Å²) in [5.41, 5.74) is 3.47. The molecule has 0 atom stereocenters. The summed E-state index contributed by atoms with van der Waals surface area (Å²) in [5.74, 6) is -0.521. The lowest BCUT2D eigenvalue weighted by molar-refractivity contribution is 0.272. The van der Waals surface area contributed by atoms with E-state index >= 15 is 0 Å². The second-order valence-electron chi connectivity index (χ2n) is 10.3. The average Bonchev–Trinajstić information content (AvgIpc) is 3.63. The molecule has 0 radical (unpaired) electrons. The third-order valence-electron chi connectivity index (χ3n) is 7.39. The zero-order chi connectivity index (χ0) is 26.9. The Morgan fingerprint density at radius 2 is 1.74 bits per heavy atom. The number of nitrogens with one attached hydrogen (secondary N) is 3. The molecule has 8 nitrogen and oxygen atoms in total. The van der Waals surface area contributed by atoms with Gasteiger partial charge in [0.1, 0.15) is 17.6 Å². The summed E-state index contributed by atoms with van der Waals surface area (Å²) >= 11 is 12.6. The number of aromatic nitrogens is 4. The van der Waals surface area contributed by atoms with E-state index in [4.69, 9.17) is 23.2 Å². The fourth-order valence-electron chi connectivity index (χ4n) is 5.16. The minimum Gasteiger partial charge on any atom is -0.379 e. The van der Waals surface area contributed by atoms with E-state index in [0.29, 0.717) is 51.5 Å². The van der Waals surface area contributed by atoms with Crippen molar-refractivity contribution >= 4 is 51.2 Å². The lowest BCUT2D eigenvalue weighted by atomic mass is 9.91. The second-order valence-corrected chi connectivity index (χ2v) is 11.1. The van der Waals surface area contributed by atoms with Gasteiger partial charge in [0.05, 0.1) is 45.6 Å². The Balaban J connectivity index is 1.18. The summed E-state index contributed by atoms with van der Waals surface area (Å²) < 4.78 is 15.7. The first-order valence-electron chi connectivity index (χ1n) is 13.1. The van der Waals surface area contributed by atoms with Gasteiger partial charge in [0, 0.05) is 35.0 Å². The molecule has 0 aliphatic heterocycles. The zero-order valence-corrected chi connectivity index (χ0v) is 22.6. The lowest BCUT2D eigenvalue weighted by Gasteiger charge is -2.29. The minimum atomic E-state index is -0.521. The first kappa shape index (κ1) is 25.8. The van der Waals surface area contributed by atoms with Crippen molar-refractivity contribution in [2.45, 2.75) is 63.2 Å². The van der Waals surface area contributed by atoms with Crippen LogP contribution in [0.2, 0.25) is 10.0 Å². The van der Waals surface area contributed by atoms with Gasteiger partial charge in [-0.25, -0.2) is 9.07 Å². The number of nitriles is 1. The van der Waals surface area contributed by atoms with Crippen molar-refractivity contribution in [2.75, 3.05) is 10.6 Å². The Hall–Kier alpha value is -3.45. The molecule has 0 spiro atoms. The molecule has 200 valence electrons. The van der Waals surface area contributed by atoms with Gasteiger partial charge in [-0.3, -0.25) is 4.98 Å². The summed E-state index contributed by atoms with van der Waals surface area (Å²) in [4.78, 5) is 4.39.